The monoisotopic (exact) mass is 424 g/mol. The Bertz CT molecular complexity index is 908. The summed E-state index contributed by atoms with van der Waals surface area (Å²) in [6, 6.07) is 7.82. The molecule has 0 fully saturated rings. The molecule has 2 N–H and O–H groups in total. The van der Waals surface area contributed by atoms with Crippen molar-refractivity contribution in [2.45, 2.75) is 12.4 Å². The predicted octanol–water partition coefficient (Wildman–Crippen LogP) is 3.19. The third-order valence-electron chi connectivity index (χ3n) is 3.78. The number of thiophene rings is 1. The lowest BCUT2D eigenvalue weighted by molar-refractivity contribution is -0.274. The number of hydrogen-bond acceptors (Lipinski definition) is 5. The molecule has 3 rings (SSSR count). The summed E-state index contributed by atoms with van der Waals surface area (Å²) in [4.78, 5) is 24.2. The maximum atomic E-state index is 12.2. The zero-order valence-corrected chi connectivity index (χ0v) is 15.5. The number of benzene rings is 1. The molecular formula is C18H15F3N4O3S. The van der Waals surface area contributed by atoms with E-state index in [4.69, 9.17) is 0 Å². The van der Waals surface area contributed by atoms with E-state index < -0.39 is 23.9 Å². The molecule has 1 atom stereocenters. The Kier molecular flexibility index (Phi) is 6.17. The van der Waals surface area contributed by atoms with Gasteiger partial charge in [0.25, 0.3) is 0 Å². The van der Waals surface area contributed by atoms with Crippen LogP contribution in [0.2, 0.25) is 0 Å². The summed E-state index contributed by atoms with van der Waals surface area (Å²) in [6.45, 7) is 0.128. The molecule has 11 heteroatoms. The molecule has 0 radical (unpaired) electrons. The van der Waals surface area contributed by atoms with Gasteiger partial charge in [-0.1, -0.05) is 0 Å². The summed E-state index contributed by atoms with van der Waals surface area (Å²) >= 11 is 1.50. The largest absolute Gasteiger partial charge is 0.573 e. The van der Waals surface area contributed by atoms with Gasteiger partial charge in [0, 0.05) is 24.6 Å². The summed E-state index contributed by atoms with van der Waals surface area (Å²) in [5.74, 6) is -2.26. The quantitative estimate of drug-likeness (QED) is 0.596. The zero-order chi connectivity index (χ0) is 20.9. The molecular weight excluding hydrogens is 409 g/mol. The zero-order valence-electron chi connectivity index (χ0n) is 14.7. The Morgan fingerprint density at radius 1 is 1.17 bits per heavy atom. The fourth-order valence-electron chi connectivity index (χ4n) is 2.49. The Labute approximate surface area is 167 Å². The molecule has 1 aromatic carbocycles. The molecule has 152 valence electrons. The van der Waals surface area contributed by atoms with Crippen molar-refractivity contribution >= 4 is 28.8 Å². The van der Waals surface area contributed by atoms with E-state index in [9.17, 15) is 22.8 Å². The van der Waals surface area contributed by atoms with Crippen molar-refractivity contribution in [3.05, 3.63) is 65.1 Å². The minimum Gasteiger partial charge on any atom is -0.406 e. The molecule has 0 bridgehead atoms. The van der Waals surface area contributed by atoms with Gasteiger partial charge in [0.1, 0.15) is 5.75 Å². The molecule has 2 amide bonds. The number of carbonyl (C=O) groups excluding carboxylic acids is 2. The first-order valence-corrected chi connectivity index (χ1v) is 9.22. The molecule has 3 aromatic rings. The Hall–Kier alpha value is -3.34. The van der Waals surface area contributed by atoms with Crippen molar-refractivity contribution in [3.8, 4) is 5.75 Å². The van der Waals surface area contributed by atoms with Gasteiger partial charge >= 0.3 is 18.2 Å². The lowest BCUT2D eigenvalue weighted by atomic mass is 10.1. The van der Waals surface area contributed by atoms with Gasteiger partial charge in [-0.15, -0.1) is 13.2 Å². The van der Waals surface area contributed by atoms with Crippen LogP contribution >= 0.6 is 11.3 Å². The number of hydrogen-bond donors (Lipinski definition) is 2. The van der Waals surface area contributed by atoms with Crippen molar-refractivity contribution in [3.63, 3.8) is 0 Å². The number of nitrogens with zero attached hydrogens (tertiary/aromatic N) is 2. The molecule has 0 spiro atoms. The van der Waals surface area contributed by atoms with Crippen molar-refractivity contribution < 1.29 is 27.5 Å². The van der Waals surface area contributed by atoms with E-state index in [0.29, 0.717) is 0 Å². The van der Waals surface area contributed by atoms with Gasteiger partial charge in [-0.3, -0.25) is 14.3 Å². The van der Waals surface area contributed by atoms with Crippen LogP contribution in [-0.2, 0) is 9.59 Å². The van der Waals surface area contributed by atoms with Crippen LogP contribution in [0.3, 0.4) is 0 Å². The van der Waals surface area contributed by atoms with Gasteiger partial charge in [-0.2, -0.15) is 16.4 Å². The normalized spacial score (nSPS) is 12.2. The predicted molar refractivity (Wildman–Crippen MR) is 99.4 cm³/mol. The van der Waals surface area contributed by atoms with Gasteiger partial charge in [0.15, 0.2) is 0 Å². The first-order valence-electron chi connectivity index (χ1n) is 8.28. The van der Waals surface area contributed by atoms with Crippen LogP contribution in [0.25, 0.3) is 0 Å². The van der Waals surface area contributed by atoms with Crippen LogP contribution < -0.4 is 15.4 Å². The van der Waals surface area contributed by atoms with Crippen LogP contribution in [0.1, 0.15) is 11.6 Å². The van der Waals surface area contributed by atoms with Crippen molar-refractivity contribution in [1.29, 1.82) is 0 Å². The number of nitrogens with one attached hydrogen (secondary N) is 2. The molecule has 0 aliphatic rings. The minimum absolute atomic E-state index is 0.128. The highest BCUT2D eigenvalue weighted by Gasteiger charge is 2.31. The lowest BCUT2D eigenvalue weighted by Gasteiger charge is -2.17. The third kappa shape index (κ3) is 5.82. The Morgan fingerprint density at radius 3 is 2.52 bits per heavy atom. The van der Waals surface area contributed by atoms with Gasteiger partial charge in [0.05, 0.1) is 6.04 Å². The summed E-state index contributed by atoms with van der Waals surface area (Å²) in [5.41, 5.74) is 1.08. The number of aromatic nitrogens is 2. The van der Waals surface area contributed by atoms with E-state index >= 15 is 0 Å². The highest BCUT2D eigenvalue weighted by molar-refractivity contribution is 7.08. The summed E-state index contributed by atoms with van der Waals surface area (Å²) in [7, 11) is 0. The number of ether oxygens (including phenoxy) is 1. The maximum absolute atomic E-state index is 12.2. The summed E-state index contributed by atoms with van der Waals surface area (Å²) in [6.07, 6.45) is -1.45. The second-order valence-electron chi connectivity index (χ2n) is 5.79. The fourth-order valence-corrected chi connectivity index (χ4v) is 3.20. The maximum Gasteiger partial charge on any atom is 0.573 e. The number of rotatable bonds is 6. The van der Waals surface area contributed by atoms with Crippen LogP contribution in [0.15, 0.2) is 59.6 Å². The molecule has 0 aliphatic carbocycles. The van der Waals surface area contributed by atoms with Gasteiger partial charge < -0.3 is 15.4 Å². The molecule has 29 heavy (non-hydrogen) atoms. The van der Waals surface area contributed by atoms with Crippen LogP contribution in [0.5, 0.6) is 5.75 Å². The van der Waals surface area contributed by atoms with E-state index in [1.807, 2.05) is 16.8 Å². The number of amides is 2. The van der Waals surface area contributed by atoms with Gasteiger partial charge in [-0.25, -0.2) is 0 Å². The molecule has 0 saturated carbocycles. The molecule has 7 nitrogen and oxygen atoms in total. The molecule has 2 aromatic heterocycles. The SMILES string of the molecule is O=C(NCC(c1ccsc1)n1cccn1)C(=O)Nc1ccc(OC(F)(F)F)cc1. The van der Waals surface area contributed by atoms with E-state index in [2.05, 4.69) is 20.5 Å². The van der Waals surface area contributed by atoms with Crippen LogP contribution in [0, 0.1) is 0 Å². The van der Waals surface area contributed by atoms with Gasteiger partial charge in [-0.05, 0) is 52.7 Å². The van der Waals surface area contributed by atoms with E-state index in [0.717, 1.165) is 17.7 Å². The molecule has 0 saturated heterocycles. The van der Waals surface area contributed by atoms with Gasteiger partial charge in [0.2, 0.25) is 0 Å². The average Bonchev–Trinajstić information content (AvgIpc) is 3.36. The fraction of sp³-hybridized carbons (Fsp3) is 0.167. The second-order valence-corrected chi connectivity index (χ2v) is 6.57. The number of alkyl halides is 3. The van der Waals surface area contributed by atoms with Crippen molar-refractivity contribution in [2.24, 2.45) is 0 Å². The molecule has 1 unspecified atom stereocenters. The average molecular weight is 424 g/mol. The smallest absolute Gasteiger partial charge is 0.406 e. The van der Waals surface area contributed by atoms with E-state index in [-0.39, 0.29) is 18.3 Å². The summed E-state index contributed by atoms with van der Waals surface area (Å²) < 4.78 is 41.9. The standard InChI is InChI=1S/C18H15F3N4O3S/c19-18(20,21)28-14-4-2-13(3-5-14)24-17(27)16(26)22-10-15(12-6-9-29-11-12)25-8-1-7-23-25/h1-9,11,15H,10H2,(H,22,26)(H,24,27). The third-order valence-corrected chi connectivity index (χ3v) is 4.48. The first-order chi connectivity index (χ1) is 13.8. The lowest BCUT2D eigenvalue weighted by Crippen LogP contribution is -2.38. The van der Waals surface area contributed by atoms with Crippen LogP contribution in [-0.4, -0.2) is 34.5 Å². The Balaban J connectivity index is 1.57. The van der Waals surface area contributed by atoms with E-state index in [1.165, 1.54) is 23.5 Å². The van der Waals surface area contributed by atoms with Crippen LogP contribution in [0.4, 0.5) is 18.9 Å². The highest BCUT2D eigenvalue weighted by atomic mass is 32.1. The Morgan fingerprint density at radius 2 is 1.93 bits per heavy atom. The number of halogens is 3. The number of carbonyl (C=O) groups is 2. The van der Waals surface area contributed by atoms with Crippen molar-refractivity contribution in [1.82, 2.24) is 15.1 Å². The molecule has 0 aliphatic heterocycles. The first kappa shape index (κ1) is 20.4. The molecule has 2 heterocycles. The number of anilines is 1. The topological polar surface area (TPSA) is 85.2 Å². The van der Waals surface area contributed by atoms with Crippen molar-refractivity contribution in [2.75, 3.05) is 11.9 Å². The summed E-state index contributed by atoms with van der Waals surface area (Å²) in [5, 5.41) is 12.8. The minimum atomic E-state index is -4.81. The second kappa shape index (κ2) is 8.78. The van der Waals surface area contributed by atoms with E-state index in [1.54, 1.807) is 23.1 Å². The highest BCUT2D eigenvalue weighted by Crippen LogP contribution is 2.24.